The van der Waals surface area contributed by atoms with Crippen LogP contribution >= 0.6 is 0 Å². The van der Waals surface area contributed by atoms with Crippen molar-refractivity contribution in [3.63, 3.8) is 0 Å². The van der Waals surface area contributed by atoms with Crippen molar-refractivity contribution >= 4 is 16.8 Å². The lowest BCUT2D eigenvalue weighted by Crippen LogP contribution is -2.43. The number of nitrogens with zero attached hydrogens (tertiary/aromatic N) is 3. The second-order valence-corrected chi connectivity index (χ2v) is 10.7. The zero-order valence-corrected chi connectivity index (χ0v) is 22.0. The number of piperidine rings is 2. The van der Waals surface area contributed by atoms with Crippen molar-refractivity contribution in [3.8, 4) is 11.4 Å². The molecule has 0 radical (unpaired) electrons. The number of hydrogen-bond donors (Lipinski definition) is 0. The molecule has 0 spiro atoms. The Balaban J connectivity index is 1.47. The lowest BCUT2D eigenvalue weighted by Gasteiger charge is -2.34. The average molecular weight is 550 g/mol. The molecule has 3 aromatic rings. The summed E-state index contributed by atoms with van der Waals surface area (Å²) in [6, 6.07) is 12.1. The molecule has 2 aromatic carbocycles. The molecule has 1 aromatic heterocycles. The number of carbonyl (C=O) groups excluding carboxylic acids is 1. The van der Waals surface area contributed by atoms with Crippen LogP contribution < -0.4 is 4.74 Å². The van der Waals surface area contributed by atoms with Gasteiger partial charge in [-0.3, -0.25) is 4.79 Å². The third-order valence-corrected chi connectivity index (χ3v) is 7.74. The number of alkyl halides is 5. The second kappa shape index (κ2) is 10.4. The van der Waals surface area contributed by atoms with Gasteiger partial charge in [-0.1, -0.05) is 0 Å². The zero-order chi connectivity index (χ0) is 27.9. The Morgan fingerprint density at radius 3 is 2.18 bits per heavy atom. The van der Waals surface area contributed by atoms with Crippen LogP contribution in [0.4, 0.5) is 22.0 Å². The van der Waals surface area contributed by atoms with Gasteiger partial charge in [0.25, 0.3) is 11.8 Å². The molecular weight excluding hydrogens is 517 g/mol. The number of hydrogen-bond acceptors (Lipinski definition) is 3. The van der Waals surface area contributed by atoms with Crippen LogP contribution in [-0.4, -0.2) is 64.5 Å². The third kappa shape index (κ3) is 5.90. The maximum absolute atomic E-state index is 13.7. The molecule has 2 saturated heterocycles. The highest BCUT2D eigenvalue weighted by atomic mass is 19.4. The second-order valence-electron chi connectivity index (χ2n) is 10.7. The summed E-state index contributed by atoms with van der Waals surface area (Å²) in [6.07, 6.45) is -3.49. The van der Waals surface area contributed by atoms with E-state index < -0.39 is 36.4 Å². The van der Waals surface area contributed by atoms with Gasteiger partial charge in [0.15, 0.2) is 0 Å². The Morgan fingerprint density at radius 2 is 1.59 bits per heavy atom. The van der Waals surface area contributed by atoms with Gasteiger partial charge in [-0.15, -0.1) is 0 Å². The van der Waals surface area contributed by atoms with Gasteiger partial charge in [0.2, 0.25) is 0 Å². The molecule has 0 N–H and O–H groups in total. The number of halogens is 5. The van der Waals surface area contributed by atoms with E-state index in [2.05, 4.69) is 18.7 Å². The largest absolute Gasteiger partial charge is 0.490 e. The van der Waals surface area contributed by atoms with E-state index in [0.29, 0.717) is 28.4 Å². The molecule has 10 heteroatoms. The number of rotatable bonds is 5. The number of carbonyl (C=O) groups is 1. The highest BCUT2D eigenvalue weighted by Gasteiger charge is 2.37. The van der Waals surface area contributed by atoms with Gasteiger partial charge < -0.3 is 19.1 Å². The third-order valence-electron chi connectivity index (χ3n) is 7.74. The highest BCUT2D eigenvalue weighted by Crippen LogP contribution is 2.34. The first-order chi connectivity index (χ1) is 18.4. The van der Waals surface area contributed by atoms with Crippen LogP contribution in [-0.2, 0) is 6.18 Å². The molecule has 0 unspecified atom stereocenters. The summed E-state index contributed by atoms with van der Waals surface area (Å²) in [5, 5.41) is 0.678. The van der Waals surface area contributed by atoms with Crippen LogP contribution in [0.25, 0.3) is 16.6 Å². The fourth-order valence-electron chi connectivity index (χ4n) is 5.40. The fourth-order valence-corrected chi connectivity index (χ4v) is 5.40. The number of likely N-dealkylation sites (tertiary alicyclic amines) is 2. The van der Waals surface area contributed by atoms with Crippen LogP contribution in [0.1, 0.15) is 55.6 Å². The number of ether oxygens (including phenoxy) is 1. The first kappa shape index (κ1) is 27.4. The number of aromatic nitrogens is 1. The van der Waals surface area contributed by atoms with Gasteiger partial charge in [-0.2, -0.15) is 13.2 Å². The summed E-state index contributed by atoms with van der Waals surface area (Å²) in [6.45, 7) is 6.05. The fraction of sp³-hybridized carbons (Fsp3) is 0.483. The summed E-state index contributed by atoms with van der Waals surface area (Å²) >= 11 is 0. The van der Waals surface area contributed by atoms with E-state index in [4.69, 9.17) is 4.74 Å². The smallest absolute Gasteiger partial charge is 0.416 e. The summed E-state index contributed by atoms with van der Waals surface area (Å²) in [7, 11) is 0. The van der Waals surface area contributed by atoms with E-state index in [1.165, 1.54) is 17.0 Å². The topological polar surface area (TPSA) is 37.7 Å². The molecule has 210 valence electrons. The normalized spacial score (nSPS) is 19.1. The van der Waals surface area contributed by atoms with Crippen molar-refractivity contribution in [3.05, 3.63) is 59.8 Å². The van der Waals surface area contributed by atoms with E-state index in [9.17, 15) is 26.7 Å². The van der Waals surface area contributed by atoms with Gasteiger partial charge in [-0.25, -0.2) is 8.78 Å². The summed E-state index contributed by atoms with van der Waals surface area (Å²) in [5.74, 6) is -2.61. The molecule has 0 aliphatic carbocycles. The summed E-state index contributed by atoms with van der Waals surface area (Å²) in [4.78, 5) is 17.3. The van der Waals surface area contributed by atoms with Crippen LogP contribution in [0.15, 0.2) is 48.5 Å². The standard InChI is InChI=1S/C29H32F5N3O2/c1-19(2)35-13-9-23(10-14-35)39-24-7-8-25-20(17-24)18-26(27(38)36-15-11-28(30,31)12-16-36)37(25)22-5-3-21(4-6-22)29(32,33)34/h3-8,17-19,23H,9-16H2,1-2H3. The molecule has 2 fully saturated rings. The number of benzene rings is 2. The molecular formula is C29H32F5N3O2. The van der Waals surface area contributed by atoms with Gasteiger partial charge in [0.05, 0.1) is 11.1 Å². The van der Waals surface area contributed by atoms with Crippen molar-refractivity contribution in [2.75, 3.05) is 26.2 Å². The molecule has 3 heterocycles. The molecule has 2 aliphatic rings. The van der Waals surface area contributed by atoms with Gasteiger partial charge in [0, 0.05) is 56.1 Å². The molecule has 5 nitrogen and oxygen atoms in total. The van der Waals surface area contributed by atoms with E-state index in [-0.39, 0.29) is 24.9 Å². The predicted molar refractivity (Wildman–Crippen MR) is 139 cm³/mol. The molecule has 39 heavy (non-hydrogen) atoms. The summed E-state index contributed by atoms with van der Waals surface area (Å²) in [5.41, 5.74) is 0.395. The van der Waals surface area contributed by atoms with Crippen molar-refractivity contribution in [2.24, 2.45) is 0 Å². The zero-order valence-electron chi connectivity index (χ0n) is 22.0. The van der Waals surface area contributed by atoms with Crippen molar-refractivity contribution in [1.82, 2.24) is 14.4 Å². The van der Waals surface area contributed by atoms with E-state index in [0.717, 1.165) is 38.1 Å². The molecule has 0 bridgehead atoms. The maximum Gasteiger partial charge on any atom is 0.416 e. The van der Waals surface area contributed by atoms with Crippen LogP contribution in [0, 0.1) is 0 Å². The number of fused-ring (bicyclic) bond motifs is 1. The van der Waals surface area contributed by atoms with E-state index >= 15 is 0 Å². The lowest BCUT2D eigenvalue weighted by atomic mass is 10.1. The predicted octanol–water partition coefficient (Wildman–Crippen LogP) is 6.77. The Morgan fingerprint density at radius 1 is 0.949 bits per heavy atom. The SMILES string of the molecule is CC(C)N1CCC(Oc2ccc3c(c2)cc(C(=O)N2CCC(F)(F)CC2)n3-c2ccc(C(F)(F)F)cc2)CC1. The summed E-state index contributed by atoms with van der Waals surface area (Å²) < 4.78 is 74.9. The van der Waals surface area contributed by atoms with Crippen molar-refractivity contribution in [2.45, 2.75) is 63.8 Å². The average Bonchev–Trinajstić information content (AvgIpc) is 3.27. The quantitative estimate of drug-likeness (QED) is 0.330. The van der Waals surface area contributed by atoms with Crippen LogP contribution in [0.2, 0.25) is 0 Å². The lowest BCUT2D eigenvalue weighted by molar-refractivity contribution is -0.137. The molecule has 2 aliphatic heterocycles. The molecule has 0 atom stereocenters. The van der Waals surface area contributed by atoms with Crippen LogP contribution in [0.3, 0.4) is 0 Å². The Labute approximate surface area is 224 Å². The first-order valence-corrected chi connectivity index (χ1v) is 13.3. The van der Waals surface area contributed by atoms with Gasteiger partial charge in [0.1, 0.15) is 17.5 Å². The first-order valence-electron chi connectivity index (χ1n) is 13.3. The minimum absolute atomic E-state index is 0.0607. The van der Waals surface area contributed by atoms with Gasteiger partial charge >= 0.3 is 6.18 Å². The molecule has 1 amide bonds. The number of amides is 1. The van der Waals surface area contributed by atoms with Crippen molar-refractivity contribution in [1.29, 1.82) is 0 Å². The Bertz CT molecular complexity index is 1320. The minimum atomic E-state index is -4.49. The van der Waals surface area contributed by atoms with E-state index in [1.807, 2.05) is 6.07 Å². The maximum atomic E-state index is 13.7. The molecule has 0 saturated carbocycles. The van der Waals surface area contributed by atoms with E-state index in [1.54, 1.807) is 22.8 Å². The Hall–Kier alpha value is -3.14. The highest BCUT2D eigenvalue weighted by molar-refractivity contribution is 6.00. The minimum Gasteiger partial charge on any atom is -0.490 e. The van der Waals surface area contributed by atoms with Crippen LogP contribution in [0.5, 0.6) is 5.75 Å². The van der Waals surface area contributed by atoms with Gasteiger partial charge in [-0.05, 0) is 75.2 Å². The van der Waals surface area contributed by atoms with Crippen molar-refractivity contribution < 1.29 is 31.5 Å². The monoisotopic (exact) mass is 549 g/mol. The Kier molecular flexibility index (Phi) is 7.35. The molecule has 5 rings (SSSR count).